The van der Waals surface area contributed by atoms with Crippen LogP contribution in [0.4, 0.5) is 0 Å². The van der Waals surface area contributed by atoms with E-state index < -0.39 is 0 Å². The lowest BCUT2D eigenvalue weighted by atomic mass is 9.87. The number of hydrogen-bond acceptors (Lipinski definition) is 4. The molecule has 1 aliphatic rings. The highest BCUT2D eigenvalue weighted by Crippen LogP contribution is 2.30. The first kappa shape index (κ1) is 17.3. The molecule has 1 N–H and O–H groups in total. The number of piperidine rings is 1. The van der Waals surface area contributed by atoms with Crippen molar-refractivity contribution in [1.82, 2.24) is 9.88 Å². The SMILES string of the molecule is OC(c1ccccc1)C1CCN(CCCc2nc3ccccc3o2)CC1. The van der Waals surface area contributed by atoms with E-state index in [2.05, 4.69) is 9.88 Å². The summed E-state index contributed by atoms with van der Waals surface area (Å²) in [6, 6.07) is 18.0. The van der Waals surface area contributed by atoms with Gasteiger partial charge in [0.25, 0.3) is 0 Å². The molecule has 136 valence electrons. The van der Waals surface area contributed by atoms with E-state index in [1.807, 2.05) is 54.6 Å². The Morgan fingerprint density at radius 2 is 1.77 bits per heavy atom. The van der Waals surface area contributed by atoms with Crippen LogP contribution in [0.1, 0.15) is 36.8 Å². The van der Waals surface area contributed by atoms with E-state index in [-0.39, 0.29) is 6.10 Å². The largest absolute Gasteiger partial charge is 0.441 e. The van der Waals surface area contributed by atoms with Gasteiger partial charge in [0.1, 0.15) is 5.52 Å². The predicted octanol–water partition coefficient (Wildman–Crippen LogP) is 4.21. The first-order valence-corrected chi connectivity index (χ1v) is 9.59. The molecule has 0 bridgehead atoms. The first-order valence-electron chi connectivity index (χ1n) is 9.59. The van der Waals surface area contributed by atoms with Crippen LogP contribution in [0.3, 0.4) is 0 Å². The van der Waals surface area contributed by atoms with Crippen molar-refractivity contribution in [2.24, 2.45) is 5.92 Å². The number of aliphatic hydroxyl groups is 1. The Labute approximate surface area is 154 Å². The van der Waals surface area contributed by atoms with Gasteiger partial charge in [-0.15, -0.1) is 0 Å². The summed E-state index contributed by atoms with van der Waals surface area (Å²) in [7, 11) is 0. The van der Waals surface area contributed by atoms with Gasteiger partial charge in [-0.05, 0) is 62.5 Å². The monoisotopic (exact) mass is 350 g/mol. The maximum atomic E-state index is 10.6. The molecule has 0 spiro atoms. The van der Waals surface area contributed by atoms with Crippen molar-refractivity contribution in [3.05, 3.63) is 66.1 Å². The average molecular weight is 350 g/mol. The minimum atomic E-state index is -0.335. The summed E-state index contributed by atoms with van der Waals surface area (Å²) in [6.45, 7) is 3.18. The second kappa shape index (κ2) is 8.02. The molecule has 2 heterocycles. The van der Waals surface area contributed by atoms with Crippen LogP contribution in [0.5, 0.6) is 0 Å². The summed E-state index contributed by atoms with van der Waals surface area (Å²) >= 11 is 0. The molecule has 1 atom stereocenters. The van der Waals surface area contributed by atoms with Gasteiger partial charge in [-0.1, -0.05) is 42.5 Å². The zero-order chi connectivity index (χ0) is 17.8. The highest BCUT2D eigenvalue weighted by Gasteiger charge is 2.25. The molecule has 0 amide bonds. The quantitative estimate of drug-likeness (QED) is 0.724. The van der Waals surface area contributed by atoms with Crippen LogP contribution in [0.15, 0.2) is 59.0 Å². The molecule has 1 aliphatic heterocycles. The summed E-state index contributed by atoms with van der Waals surface area (Å²) < 4.78 is 5.79. The molecule has 2 aromatic carbocycles. The fourth-order valence-corrected chi connectivity index (χ4v) is 3.90. The van der Waals surface area contributed by atoms with Gasteiger partial charge in [-0.2, -0.15) is 0 Å². The van der Waals surface area contributed by atoms with Crippen molar-refractivity contribution in [1.29, 1.82) is 0 Å². The number of likely N-dealkylation sites (tertiary alicyclic amines) is 1. The molecular formula is C22H26N2O2. The van der Waals surface area contributed by atoms with Crippen LogP contribution in [0.2, 0.25) is 0 Å². The molecule has 1 saturated heterocycles. The van der Waals surface area contributed by atoms with Crippen LogP contribution in [0, 0.1) is 5.92 Å². The van der Waals surface area contributed by atoms with Crippen LogP contribution < -0.4 is 0 Å². The number of aryl methyl sites for hydroxylation is 1. The lowest BCUT2D eigenvalue weighted by Gasteiger charge is -2.34. The average Bonchev–Trinajstić information content (AvgIpc) is 3.11. The number of nitrogens with zero attached hydrogens (tertiary/aromatic N) is 2. The Balaban J connectivity index is 1.22. The summed E-state index contributed by atoms with van der Waals surface area (Å²) in [6.07, 6.45) is 3.70. The normalized spacial score (nSPS) is 17.6. The van der Waals surface area contributed by atoms with Gasteiger partial charge in [0, 0.05) is 6.42 Å². The summed E-state index contributed by atoms with van der Waals surface area (Å²) in [4.78, 5) is 7.04. The van der Waals surface area contributed by atoms with Crippen LogP contribution in [-0.4, -0.2) is 34.6 Å². The van der Waals surface area contributed by atoms with E-state index in [1.165, 1.54) is 0 Å². The third-order valence-corrected chi connectivity index (χ3v) is 5.42. The van der Waals surface area contributed by atoms with Gasteiger partial charge in [0.05, 0.1) is 6.10 Å². The topological polar surface area (TPSA) is 49.5 Å². The zero-order valence-corrected chi connectivity index (χ0v) is 15.1. The minimum absolute atomic E-state index is 0.335. The molecule has 1 unspecified atom stereocenters. The van der Waals surface area contributed by atoms with Crippen molar-refractivity contribution in [2.75, 3.05) is 19.6 Å². The van der Waals surface area contributed by atoms with Crippen molar-refractivity contribution in [3.8, 4) is 0 Å². The molecule has 1 aromatic heterocycles. The van der Waals surface area contributed by atoms with Crippen molar-refractivity contribution in [3.63, 3.8) is 0 Å². The molecule has 3 aromatic rings. The van der Waals surface area contributed by atoms with Crippen molar-refractivity contribution >= 4 is 11.1 Å². The predicted molar refractivity (Wildman–Crippen MR) is 103 cm³/mol. The fraction of sp³-hybridized carbons (Fsp3) is 0.409. The molecular weight excluding hydrogens is 324 g/mol. The number of hydrogen-bond donors (Lipinski definition) is 1. The van der Waals surface area contributed by atoms with Crippen molar-refractivity contribution in [2.45, 2.75) is 31.8 Å². The van der Waals surface area contributed by atoms with Gasteiger partial charge in [0.15, 0.2) is 11.5 Å². The molecule has 4 nitrogen and oxygen atoms in total. The smallest absolute Gasteiger partial charge is 0.195 e. The van der Waals surface area contributed by atoms with E-state index in [0.717, 1.165) is 67.9 Å². The first-order chi connectivity index (χ1) is 12.8. The summed E-state index contributed by atoms with van der Waals surface area (Å²) in [5.74, 6) is 1.20. The van der Waals surface area contributed by atoms with Gasteiger partial charge < -0.3 is 14.4 Å². The highest BCUT2D eigenvalue weighted by atomic mass is 16.3. The van der Waals surface area contributed by atoms with E-state index in [0.29, 0.717) is 5.92 Å². The molecule has 0 saturated carbocycles. The number of para-hydroxylation sites is 2. The number of oxazole rings is 1. The number of fused-ring (bicyclic) bond motifs is 1. The number of rotatable bonds is 6. The standard InChI is InChI=1S/C22H26N2O2/c25-22(17-7-2-1-3-8-17)18-12-15-24(16-13-18)14-6-11-21-23-19-9-4-5-10-20(19)26-21/h1-5,7-10,18,22,25H,6,11-16H2. The Morgan fingerprint density at radius 3 is 2.54 bits per heavy atom. The Kier molecular flexibility index (Phi) is 5.32. The van der Waals surface area contributed by atoms with Gasteiger partial charge in [-0.25, -0.2) is 4.98 Å². The second-order valence-corrected chi connectivity index (χ2v) is 7.21. The minimum Gasteiger partial charge on any atom is -0.441 e. The van der Waals surface area contributed by atoms with Crippen LogP contribution in [-0.2, 0) is 6.42 Å². The van der Waals surface area contributed by atoms with E-state index in [9.17, 15) is 5.11 Å². The lowest BCUT2D eigenvalue weighted by Crippen LogP contribution is -2.36. The van der Waals surface area contributed by atoms with Gasteiger partial charge >= 0.3 is 0 Å². The van der Waals surface area contributed by atoms with Crippen LogP contribution in [0.25, 0.3) is 11.1 Å². The summed E-state index contributed by atoms with van der Waals surface area (Å²) in [5, 5.41) is 10.6. The maximum Gasteiger partial charge on any atom is 0.195 e. The molecule has 0 radical (unpaired) electrons. The Hall–Kier alpha value is -2.17. The Morgan fingerprint density at radius 1 is 1.04 bits per heavy atom. The zero-order valence-electron chi connectivity index (χ0n) is 15.1. The molecule has 0 aliphatic carbocycles. The maximum absolute atomic E-state index is 10.6. The molecule has 1 fully saturated rings. The Bertz CT molecular complexity index is 789. The third kappa shape index (κ3) is 3.97. The molecule has 4 rings (SSSR count). The van der Waals surface area contributed by atoms with E-state index >= 15 is 0 Å². The van der Waals surface area contributed by atoms with E-state index in [1.54, 1.807) is 0 Å². The number of aromatic nitrogens is 1. The lowest BCUT2D eigenvalue weighted by molar-refractivity contribution is 0.0585. The summed E-state index contributed by atoms with van der Waals surface area (Å²) in [5.41, 5.74) is 2.86. The molecule has 26 heavy (non-hydrogen) atoms. The fourth-order valence-electron chi connectivity index (χ4n) is 3.90. The number of aliphatic hydroxyl groups excluding tert-OH is 1. The highest BCUT2D eigenvalue weighted by molar-refractivity contribution is 5.72. The van der Waals surface area contributed by atoms with Crippen LogP contribution >= 0.6 is 0 Å². The molecule has 4 heteroatoms. The van der Waals surface area contributed by atoms with Gasteiger partial charge in [-0.3, -0.25) is 0 Å². The second-order valence-electron chi connectivity index (χ2n) is 7.21. The van der Waals surface area contributed by atoms with Crippen molar-refractivity contribution < 1.29 is 9.52 Å². The third-order valence-electron chi connectivity index (χ3n) is 5.42. The number of benzene rings is 2. The van der Waals surface area contributed by atoms with Gasteiger partial charge in [0.2, 0.25) is 0 Å². The van der Waals surface area contributed by atoms with E-state index in [4.69, 9.17) is 4.42 Å².